The molecular formula is C20H26N2O3. The zero-order chi connectivity index (χ0) is 17.0. The molecule has 134 valence electrons. The molecule has 4 fully saturated rings. The summed E-state index contributed by atoms with van der Waals surface area (Å²) >= 11 is 0. The van der Waals surface area contributed by atoms with Crippen LogP contribution in [-0.2, 0) is 4.84 Å². The average molecular weight is 342 g/mol. The summed E-state index contributed by atoms with van der Waals surface area (Å²) < 4.78 is 10.8. The van der Waals surface area contributed by atoms with E-state index in [0.717, 1.165) is 53.5 Å². The standard InChI is InChI=1S/C20H26N2O3/c1-23-16-3-4-17(18(8-16)24-2)19-7-15(22-25-19)11-21-20-9-12-5-14(20)6-13(12)10-20/h3-4,8,12-14,19,21H,5-7,9-11H2,1-2H3. The first kappa shape index (κ1) is 15.5. The molecule has 5 heteroatoms. The molecule has 0 saturated heterocycles. The van der Waals surface area contributed by atoms with Crippen molar-refractivity contribution in [3.05, 3.63) is 23.8 Å². The molecule has 0 spiro atoms. The first-order valence-electron chi connectivity index (χ1n) is 9.39. The quantitative estimate of drug-likeness (QED) is 0.862. The van der Waals surface area contributed by atoms with Crippen LogP contribution in [0.3, 0.4) is 0 Å². The van der Waals surface area contributed by atoms with Crippen molar-refractivity contribution in [2.75, 3.05) is 20.8 Å². The van der Waals surface area contributed by atoms with Gasteiger partial charge < -0.3 is 19.6 Å². The molecule has 4 aliphatic carbocycles. The first-order valence-corrected chi connectivity index (χ1v) is 9.39. The largest absolute Gasteiger partial charge is 0.497 e. The van der Waals surface area contributed by atoms with Gasteiger partial charge in [-0.2, -0.15) is 0 Å². The van der Waals surface area contributed by atoms with Gasteiger partial charge >= 0.3 is 0 Å². The Morgan fingerprint density at radius 3 is 2.64 bits per heavy atom. The second-order valence-electron chi connectivity index (χ2n) is 8.17. The maximum absolute atomic E-state index is 5.72. The molecule has 6 rings (SSSR count). The maximum atomic E-state index is 5.72. The summed E-state index contributed by atoms with van der Waals surface area (Å²) in [7, 11) is 3.34. The highest BCUT2D eigenvalue weighted by atomic mass is 16.6. The Labute approximate surface area is 148 Å². The van der Waals surface area contributed by atoms with Crippen LogP contribution in [-0.4, -0.2) is 32.0 Å². The Hall–Kier alpha value is -1.75. The number of ether oxygens (including phenoxy) is 2. The highest BCUT2D eigenvalue weighted by molar-refractivity contribution is 5.87. The van der Waals surface area contributed by atoms with Gasteiger partial charge in [-0.1, -0.05) is 5.16 Å². The highest BCUT2D eigenvalue weighted by Gasteiger charge is 2.62. The molecule has 1 aromatic rings. The second kappa shape index (κ2) is 5.63. The van der Waals surface area contributed by atoms with Crippen molar-refractivity contribution in [2.45, 2.75) is 43.7 Å². The fourth-order valence-electron chi connectivity index (χ4n) is 5.86. The second-order valence-corrected chi connectivity index (χ2v) is 8.17. The van der Waals surface area contributed by atoms with E-state index in [1.807, 2.05) is 18.2 Å². The summed E-state index contributed by atoms with van der Waals surface area (Å²) in [5.41, 5.74) is 2.56. The van der Waals surface area contributed by atoms with Gasteiger partial charge in [-0.15, -0.1) is 0 Å². The topological polar surface area (TPSA) is 52.1 Å². The Balaban J connectivity index is 1.23. The van der Waals surface area contributed by atoms with Gasteiger partial charge in [-0.3, -0.25) is 0 Å². The molecule has 25 heavy (non-hydrogen) atoms. The molecule has 0 radical (unpaired) electrons. The summed E-state index contributed by atoms with van der Waals surface area (Å²) in [4.78, 5) is 5.72. The van der Waals surface area contributed by atoms with Crippen molar-refractivity contribution in [1.29, 1.82) is 0 Å². The van der Waals surface area contributed by atoms with E-state index in [-0.39, 0.29) is 6.10 Å². The smallest absolute Gasteiger partial charge is 0.161 e. The number of hydrogen-bond acceptors (Lipinski definition) is 5. The average Bonchev–Trinajstić information content (AvgIpc) is 3.42. The minimum atomic E-state index is -0.0660. The molecule has 4 bridgehead atoms. The minimum Gasteiger partial charge on any atom is -0.497 e. The van der Waals surface area contributed by atoms with E-state index in [1.165, 1.54) is 25.7 Å². The third-order valence-electron chi connectivity index (χ3n) is 7.04. The van der Waals surface area contributed by atoms with E-state index in [9.17, 15) is 0 Å². The van der Waals surface area contributed by atoms with Crippen molar-refractivity contribution in [1.82, 2.24) is 5.32 Å². The van der Waals surface area contributed by atoms with Gasteiger partial charge in [-0.25, -0.2) is 0 Å². The third kappa shape index (κ3) is 2.35. The molecule has 1 N–H and O–H groups in total. The number of nitrogens with one attached hydrogen (secondary N) is 1. The Morgan fingerprint density at radius 2 is 2.00 bits per heavy atom. The van der Waals surface area contributed by atoms with Gasteiger partial charge in [0.05, 0.1) is 19.9 Å². The van der Waals surface area contributed by atoms with E-state index in [2.05, 4.69) is 10.5 Å². The molecule has 5 nitrogen and oxygen atoms in total. The molecule has 1 heterocycles. The molecule has 3 atom stereocenters. The fourth-order valence-corrected chi connectivity index (χ4v) is 5.86. The van der Waals surface area contributed by atoms with Crippen LogP contribution in [0.5, 0.6) is 11.5 Å². The summed E-state index contributed by atoms with van der Waals surface area (Å²) in [6.45, 7) is 0.852. The molecule has 0 amide bonds. The molecule has 4 saturated carbocycles. The number of methoxy groups -OCH3 is 2. The van der Waals surface area contributed by atoms with Crippen molar-refractivity contribution in [2.24, 2.45) is 22.9 Å². The lowest BCUT2D eigenvalue weighted by molar-refractivity contribution is 0.0836. The predicted octanol–water partition coefficient (Wildman–Crippen LogP) is 3.30. The lowest BCUT2D eigenvalue weighted by Gasteiger charge is -2.30. The summed E-state index contributed by atoms with van der Waals surface area (Å²) in [5, 5.41) is 8.23. The highest BCUT2D eigenvalue weighted by Crippen LogP contribution is 2.65. The first-order chi connectivity index (χ1) is 12.2. The van der Waals surface area contributed by atoms with E-state index in [1.54, 1.807) is 14.2 Å². The zero-order valence-corrected chi connectivity index (χ0v) is 15.0. The van der Waals surface area contributed by atoms with Crippen LogP contribution in [0, 0.1) is 17.8 Å². The Bertz CT molecular complexity index is 703. The van der Waals surface area contributed by atoms with E-state index < -0.39 is 0 Å². The Kier molecular flexibility index (Phi) is 3.49. The summed E-state index contributed by atoms with van der Waals surface area (Å²) in [6.07, 6.45) is 6.42. The fraction of sp³-hybridized carbons (Fsp3) is 0.650. The van der Waals surface area contributed by atoms with Crippen molar-refractivity contribution in [3.8, 4) is 11.5 Å². The van der Waals surface area contributed by atoms with Gasteiger partial charge in [-0.05, 0) is 55.6 Å². The molecule has 5 aliphatic rings. The van der Waals surface area contributed by atoms with Gasteiger partial charge in [0, 0.05) is 30.1 Å². The number of benzene rings is 1. The molecular weight excluding hydrogens is 316 g/mol. The Morgan fingerprint density at radius 1 is 1.20 bits per heavy atom. The van der Waals surface area contributed by atoms with E-state index >= 15 is 0 Å². The molecule has 1 aliphatic heterocycles. The van der Waals surface area contributed by atoms with Crippen LogP contribution in [0.25, 0.3) is 0 Å². The lowest BCUT2D eigenvalue weighted by atomic mass is 9.90. The SMILES string of the molecule is COc1ccc(C2CC(CNC34CC5CC3CC5C4)=NO2)c(OC)c1. The zero-order valence-electron chi connectivity index (χ0n) is 15.0. The number of nitrogens with zero attached hydrogens (tertiary/aromatic N) is 1. The van der Waals surface area contributed by atoms with Crippen LogP contribution in [0.15, 0.2) is 23.4 Å². The van der Waals surface area contributed by atoms with Crippen molar-refractivity contribution < 1.29 is 14.3 Å². The van der Waals surface area contributed by atoms with Gasteiger partial charge in [0.1, 0.15) is 11.5 Å². The van der Waals surface area contributed by atoms with Crippen LogP contribution in [0.1, 0.15) is 43.8 Å². The predicted molar refractivity (Wildman–Crippen MR) is 95.1 cm³/mol. The summed E-state index contributed by atoms with van der Waals surface area (Å²) in [6, 6.07) is 5.86. The van der Waals surface area contributed by atoms with Gasteiger partial charge in [0.25, 0.3) is 0 Å². The minimum absolute atomic E-state index is 0.0660. The van der Waals surface area contributed by atoms with Gasteiger partial charge in [0.15, 0.2) is 6.10 Å². The third-order valence-corrected chi connectivity index (χ3v) is 7.04. The lowest BCUT2D eigenvalue weighted by Crippen LogP contribution is -2.46. The molecule has 1 aromatic carbocycles. The molecule has 3 unspecified atom stereocenters. The van der Waals surface area contributed by atoms with Crippen LogP contribution in [0.2, 0.25) is 0 Å². The van der Waals surface area contributed by atoms with Crippen LogP contribution < -0.4 is 14.8 Å². The maximum Gasteiger partial charge on any atom is 0.161 e. The van der Waals surface area contributed by atoms with E-state index in [0.29, 0.717) is 5.54 Å². The number of rotatable bonds is 6. The van der Waals surface area contributed by atoms with Crippen molar-refractivity contribution >= 4 is 5.71 Å². The van der Waals surface area contributed by atoms with E-state index in [4.69, 9.17) is 14.3 Å². The van der Waals surface area contributed by atoms with Crippen LogP contribution >= 0.6 is 0 Å². The number of hydrogen-bond donors (Lipinski definition) is 1. The summed E-state index contributed by atoms with van der Waals surface area (Å²) in [5.74, 6) is 4.48. The number of oxime groups is 1. The normalized spacial score (nSPS) is 37.4. The van der Waals surface area contributed by atoms with Crippen LogP contribution in [0.4, 0.5) is 0 Å². The van der Waals surface area contributed by atoms with Crippen molar-refractivity contribution in [3.63, 3.8) is 0 Å². The monoisotopic (exact) mass is 342 g/mol. The molecule has 0 aromatic heterocycles. The van der Waals surface area contributed by atoms with Gasteiger partial charge in [0.2, 0.25) is 0 Å².